The molecule has 0 N–H and O–H groups in total. The van der Waals surface area contributed by atoms with Gasteiger partial charge < -0.3 is 14.5 Å². The molecule has 2 rings (SSSR count). The van der Waals surface area contributed by atoms with Crippen LogP contribution < -0.4 is 0 Å². The molecule has 0 aromatic heterocycles. The van der Waals surface area contributed by atoms with Gasteiger partial charge in [-0.2, -0.15) is 0 Å². The number of nitrogens with zero attached hydrogens (tertiary/aromatic N) is 2. The number of carbonyl (C=O) groups is 1. The minimum absolute atomic E-state index is 0.126. The molecule has 1 amide bonds. The molecular formula is C8H14N2O2. The third kappa shape index (κ3) is 1.27. The van der Waals surface area contributed by atoms with E-state index >= 15 is 0 Å². The highest BCUT2D eigenvalue weighted by atomic mass is 16.6. The first kappa shape index (κ1) is 7.86. The van der Waals surface area contributed by atoms with Crippen LogP contribution in [0, 0.1) is 0 Å². The quantitative estimate of drug-likeness (QED) is 0.518. The second-order valence-corrected chi connectivity index (χ2v) is 3.51. The minimum atomic E-state index is -0.126. The molecule has 0 spiro atoms. The number of amides is 1. The van der Waals surface area contributed by atoms with Gasteiger partial charge in [0.05, 0.1) is 12.6 Å². The van der Waals surface area contributed by atoms with E-state index < -0.39 is 0 Å². The van der Waals surface area contributed by atoms with Crippen molar-refractivity contribution in [3.05, 3.63) is 0 Å². The molecule has 2 aliphatic rings. The van der Waals surface area contributed by atoms with Gasteiger partial charge >= 0.3 is 6.09 Å². The van der Waals surface area contributed by atoms with E-state index in [0.29, 0.717) is 12.6 Å². The lowest BCUT2D eigenvalue weighted by molar-refractivity contribution is 0.0121. The number of carbonyl (C=O) groups excluding carboxylic acids is 1. The van der Waals surface area contributed by atoms with Crippen LogP contribution in [0.15, 0.2) is 0 Å². The van der Waals surface area contributed by atoms with Crippen molar-refractivity contribution < 1.29 is 9.53 Å². The van der Waals surface area contributed by atoms with Gasteiger partial charge in [0.15, 0.2) is 0 Å². The average molecular weight is 170 g/mol. The lowest BCUT2D eigenvalue weighted by atomic mass is 10.1. The number of ether oxygens (including phenoxy) is 1. The summed E-state index contributed by atoms with van der Waals surface area (Å²) >= 11 is 0. The van der Waals surface area contributed by atoms with E-state index in [2.05, 4.69) is 11.9 Å². The Morgan fingerprint density at radius 3 is 3.17 bits per heavy atom. The number of cyclic esters (lactones) is 1. The maximum Gasteiger partial charge on any atom is 0.410 e. The molecule has 0 radical (unpaired) electrons. The Bertz CT molecular complexity index is 195. The molecule has 68 valence electrons. The number of rotatable bonds is 0. The molecule has 4 nitrogen and oxygen atoms in total. The van der Waals surface area contributed by atoms with E-state index in [1.54, 1.807) is 0 Å². The number of hydrogen-bond acceptors (Lipinski definition) is 3. The van der Waals surface area contributed by atoms with Gasteiger partial charge in [0, 0.05) is 26.1 Å². The third-order valence-electron chi connectivity index (χ3n) is 2.60. The Balaban J connectivity index is 2.04. The highest BCUT2D eigenvalue weighted by Gasteiger charge is 2.33. The zero-order valence-corrected chi connectivity index (χ0v) is 7.32. The molecule has 0 aromatic rings. The number of likely N-dealkylation sites (N-methyl/N-ethyl adjacent to an activating group) is 1. The van der Waals surface area contributed by atoms with Crippen LogP contribution >= 0.6 is 0 Å². The molecule has 0 saturated carbocycles. The Labute approximate surface area is 72.1 Å². The molecule has 2 saturated heterocycles. The molecule has 4 heteroatoms. The monoisotopic (exact) mass is 170 g/mol. The molecule has 0 aromatic carbocycles. The summed E-state index contributed by atoms with van der Waals surface area (Å²) in [7, 11) is 2.09. The SMILES string of the molecule is CN1CCN2C(=O)OCCC2C1. The highest BCUT2D eigenvalue weighted by molar-refractivity contribution is 5.69. The maximum atomic E-state index is 11.2. The first-order valence-corrected chi connectivity index (χ1v) is 4.39. The number of hydrogen-bond donors (Lipinski definition) is 0. The third-order valence-corrected chi connectivity index (χ3v) is 2.60. The van der Waals surface area contributed by atoms with Crippen LogP contribution in [0.3, 0.4) is 0 Å². The van der Waals surface area contributed by atoms with Gasteiger partial charge in [-0.15, -0.1) is 0 Å². The molecule has 2 aliphatic heterocycles. The maximum absolute atomic E-state index is 11.2. The summed E-state index contributed by atoms with van der Waals surface area (Å²) in [6, 6.07) is 0.394. The van der Waals surface area contributed by atoms with Gasteiger partial charge in [0.2, 0.25) is 0 Å². The Morgan fingerprint density at radius 1 is 1.50 bits per heavy atom. The summed E-state index contributed by atoms with van der Waals surface area (Å²) in [6.07, 6.45) is 0.857. The summed E-state index contributed by atoms with van der Waals surface area (Å²) in [5.74, 6) is 0. The minimum Gasteiger partial charge on any atom is -0.449 e. The summed E-state index contributed by atoms with van der Waals surface area (Å²) in [5, 5.41) is 0. The second-order valence-electron chi connectivity index (χ2n) is 3.51. The average Bonchev–Trinajstić information content (AvgIpc) is 2.04. The molecule has 0 bridgehead atoms. The molecule has 1 atom stereocenters. The van der Waals surface area contributed by atoms with Crippen LogP contribution in [0.1, 0.15) is 6.42 Å². The van der Waals surface area contributed by atoms with Crippen molar-refractivity contribution in [1.29, 1.82) is 0 Å². The summed E-state index contributed by atoms with van der Waals surface area (Å²) in [5.41, 5.74) is 0. The fourth-order valence-electron chi connectivity index (χ4n) is 1.86. The van der Waals surface area contributed by atoms with Crippen LogP contribution in [-0.2, 0) is 4.74 Å². The molecule has 12 heavy (non-hydrogen) atoms. The fourth-order valence-corrected chi connectivity index (χ4v) is 1.86. The van der Waals surface area contributed by atoms with Crippen LogP contribution in [0.5, 0.6) is 0 Å². The van der Waals surface area contributed by atoms with Crippen molar-refractivity contribution in [2.75, 3.05) is 33.3 Å². The van der Waals surface area contributed by atoms with E-state index in [4.69, 9.17) is 4.74 Å². The number of piperazine rings is 1. The van der Waals surface area contributed by atoms with Gasteiger partial charge in [0.25, 0.3) is 0 Å². The summed E-state index contributed by atoms with van der Waals surface area (Å²) in [6.45, 7) is 3.37. The smallest absolute Gasteiger partial charge is 0.410 e. The van der Waals surface area contributed by atoms with Crippen molar-refractivity contribution in [3.63, 3.8) is 0 Å². The highest BCUT2D eigenvalue weighted by Crippen LogP contribution is 2.17. The molecule has 0 aliphatic carbocycles. The topological polar surface area (TPSA) is 32.8 Å². The molecule has 2 fully saturated rings. The van der Waals surface area contributed by atoms with Gasteiger partial charge in [-0.05, 0) is 7.05 Å². The Morgan fingerprint density at radius 2 is 2.33 bits per heavy atom. The zero-order valence-electron chi connectivity index (χ0n) is 7.32. The Hall–Kier alpha value is -0.770. The van der Waals surface area contributed by atoms with Gasteiger partial charge in [-0.3, -0.25) is 0 Å². The summed E-state index contributed by atoms with van der Waals surface area (Å²) < 4.78 is 4.95. The van der Waals surface area contributed by atoms with E-state index in [9.17, 15) is 4.79 Å². The van der Waals surface area contributed by atoms with Crippen molar-refractivity contribution >= 4 is 6.09 Å². The summed E-state index contributed by atoms with van der Waals surface area (Å²) in [4.78, 5) is 15.3. The van der Waals surface area contributed by atoms with Gasteiger partial charge in [-0.25, -0.2) is 4.79 Å². The largest absolute Gasteiger partial charge is 0.449 e. The molecular weight excluding hydrogens is 156 g/mol. The van der Waals surface area contributed by atoms with Crippen LogP contribution in [0.2, 0.25) is 0 Å². The van der Waals surface area contributed by atoms with Crippen LogP contribution in [0.25, 0.3) is 0 Å². The fraction of sp³-hybridized carbons (Fsp3) is 0.875. The lowest BCUT2D eigenvalue weighted by Gasteiger charge is -2.41. The van der Waals surface area contributed by atoms with E-state index in [1.165, 1.54) is 0 Å². The predicted molar refractivity (Wildman–Crippen MR) is 44.0 cm³/mol. The first-order chi connectivity index (χ1) is 5.77. The lowest BCUT2D eigenvalue weighted by Crippen LogP contribution is -2.56. The van der Waals surface area contributed by atoms with E-state index in [-0.39, 0.29) is 6.09 Å². The van der Waals surface area contributed by atoms with Gasteiger partial charge in [-0.1, -0.05) is 0 Å². The predicted octanol–water partition coefficient (Wildman–Crippen LogP) is 0.143. The molecule has 2 heterocycles. The molecule has 1 unspecified atom stereocenters. The van der Waals surface area contributed by atoms with E-state index in [0.717, 1.165) is 26.1 Å². The van der Waals surface area contributed by atoms with Crippen LogP contribution in [0.4, 0.5) is 4.79 Å². The van der Waals surface area contributed by atoms with Crippen molar-refractivity contribution in [3.8, 4) is 0 Å². The van der Waals surface area contributed by atoms with Crippen molar-refractivity contribution in [1.82, 2.24) is 9.80 Å². The normalized spacial score (nSPS) is 31.2. The van der Waals surface area contributed by atoms with Crippen LogP contribution in [-0.4, -0.2) is 55.2 Å². The van der Waals surface area contributed by atoms with Crippen molar-refractivity contribution in [2.24, 2.45) is 0 Å². The zero-order chi connectivity index (χ0) is 8.55. The standard InChI is InChI=1S/C8H14N2O2/c1-9-3-4-10-7(6-9)2-5-12-8(10)11/h7H,2-6H2,1H3. The number of fused-ring (bicyclic) bond motifs is 1. The Kier molecular flexibility index (Phi) is 1.92. The first-order valence-electron chi connectivity index (χ1n) is 4.39. The second kappa shape index (κ2) is 2.94. The van der Waals surface area contributed by atoms with Crippen molar-refractivity contribution in [2.45, 2.75) is 12.5 Å². The van der Waals surface area contributed by atoms with Gasteiger partial charge in [0.1, 0.15) is 0 Å². The van der Waals surface area contributed by atoms with E-state index in [1.807, 2.05) is 4.90 Å².